The van der Waals surface area contributed by atoms with Gasteiger partial charge in [-0.1, -0.05) is 12.1 Å². The fourth-order valence-electron chi connectivity index (χ4n) is 5.45. The number of carbonyl (C=O) groups is 1. The average Bonchev–Trinajstić information content (AvgIpc) is 2.86. The van der Waals surface area contributed by atoms with Gasteiger partial charge < -0.3 is 15.1 Å². The molecule has 1 saturated heterocycles. The summed E-state index contributed by atoms with van der Waals surface area (Å²) in [5.41, 5.74) is 5.72. The van der Waals surface area contributed by atoms with Crippen LogP contribution < -0.4 is 15.1 Å². The number of piperazine rings is 1. The first kappa shape index (κ1) is 22.8. The van der Waals surface area contributed by atoms with E-state index in [-0.39, 0.29) is 17.6 Å². The van der Waals surface area contributed by atoms with E-state index in [0.717, 1.165) is 87.8 Å². The molecule has 1 unspecified atom stereocenters. The van der Waals surface area contributed by atoms with Crippen molar-refractivity contribution in [3.63, 3.8) is 0 Å². The smallest absolute Gasteiger partial charge is 0.233 e. The van der Waals surface area contributed by atoms with Crippen molar-refractivity contribution in [3.8, 4) is 0 Å². The molecule has 180 valence electrons. The molecule has 3 heterocycles. The SMILES string of the molecule is CCN(CC)c1ccc(N2CCN(Cc3ccc4c(c3)NC(=O)C3CCCN=C43)CC2)c(F)c1. The molecule has 7 heteroatoms. The molecule has 1 amide bonds. The summed E-state index contributed by atoms with van der Waals surface area (Å²) in [5.74, 6) is -0.167. The molecule has 6 nitrogen and oxygen atoms in total. The molecule has 1 fully saturated rings. The quantitative estimate of drug-likeness (QED) is 0.700. The number of carbonyl (C=O) groups excluding carboxylic acids is 1. The van der Waals surface area contributed by atoms with Crippen molar-refractivity contribution >= 4 is 28.7 Å². The molecule has 3 aliphatic rings. The normalized spacial score (nSPS) is 20.3. The molecular weight excluding hydrogens is 429 g/mol. The molecule has 2 aromatic rings. The predicted octanol–water partition coefficient (Wildman–Crippen LogP) is 4.15. The van der Waals surface area contributed by atoms with Gasteiger partial charge >= 0.3 is 0 Å². The zero-order valence-electron chi connectivity index (χ0n) is 20.2. The Morgan fingerprint density at radius 3 is 2.62 bits per heavy atom. The Morgan fingerprint density at radius 1 is 1.09 bits per heavy atom. The molecule has 0 saturated carbocycles. The van der Waals surface area contributed by atoms with Gasteiger partial charge in [-0.25, -0.2) is 4.39 Å². The zero-order valence-corrected chi connectivity index (χ0v) is 20.2. The Bertz CT molecular complexity index is 1090. The number of fused-ring (bicyclic) bond motifs is 3. The number of rotatable bonds is 6. The van der Waals surface area contributed by atoms with Crippen LogP contribution in [-0.4, -0.2) is 62.3 Å². The van der Waals surface area contributed by atoms with E-state index in [9.17, 15) is 9.18 Å². The Morgan fingerprint density at radius 2 is 1.88 bits per heavy atom. The topological polar surface area (TPSA) is 51.2 Å². The Hall–Kier alpha value is -2.93. The van der Waals surface area contributed by atoms with Crippen LogP contribution in [0.25, 0.3) is 0 Å². The highest BCUT2D eigenvalue weighted by molar-refractivity contribution is 6.23. The van der Waals surface area contributed by atoms with Gasteiger partial charge in [0.05, 0.1) is 23.0 Å². The molecular formula is C27H34FN5O. The molecule has 0 aliphatic carbocycles. The zero-order chi connectivity index (χ0) is 23.7. The molecule has 5 rings (SSSR count). The molecule has 3 aliphatic heterocycles. The van der Waals surface area contributed by atoms with Crippen LogP contribution >= 0.6 is 0 Å². The van der Waals surface area contributed by atoms with E-state index in [0.29, 0.717) is 5.69 Å². The van der Waals surface area contributed by atoms with Gasteiger partial charge in [0.2, 0.25) is 5.91 Å². The number of amides is 1. The number of aliphatic imine (C=N–C) groups is 1. The van der Waals surface area contributed by atoms with Crippen molar-refractivity contribution in [2.45, 2.75) is 33.2 Å². The van der Waals surface area contributed by atoms with Gasteiger partial charge in [0.15, 0.2) is 0 Å². The van der Waals surface area contributed by atoms with Gasteiger partial charge in [-0.05, 0) is 56.5 Å². The van der Waals surface area contributed by atoms with Crippen molar-refractivity contribution in [2.75, 3.05) is 60.9 Å². The first-order valence-corrected chi connectivity index (χ1v) is 12.6. The molecule has 1 N–H and O–H groups in total. The summed E-state index contributed by atoms with van der Waals surface area (Å²) >= 11 is 0. The van der Waals surface area contributed by atoms with E-state index in [1.807, 2.05) is 12.1 Å². The summed E-state index contributed by atoms with van der Waals surface area (Å²) in [7, 11) is 0. The number of benzene rings is 2. The summed E-state index contributed by atoms with van der Waals surface area (Å²) in [6.07, 6.45) is 1.86. The van der Waals surface area contributed by atoms with Crippen LogP contribution in [0.1, 0.15) is 37.8 Å². The number of nitrogens with zero attached hydrogens (tertiary/aromatic N) is 4. The number of hydrogen-bond donors (Lipinski definition) is 1. The van der Waals surface area contributed by atoms with E-state index in [1.54, 1.807) is 6.07 Å². The minimum Gasteiger partial charge on any atom is -0.372 e. The molecule has 0 spiro atoms. The lowest BCUT2D eigenvalue weighted by Crippen LogP contribution is -2.46. The van der Waals surface area contributed by atoms with Gasteiger partial charge in [-0.3, -0.25) is 14.7 Å². The molecule has 0 bridgehead atoms. The summed E-state index contributed by atoms with van der Waals surface area (Å²) in [4.78, 5) is 23.9. The third kappa shape index (κ3) is 4.41. The fourth-order valence-corrected chi connectivity index (χ4v) is 5.45. The lowest BCUT2D eigenvalue weighted by molar-refractivity contribution is -0.118. The van der Waals surface area contributed by atoms with Crippen LogP contribution in [0, 0.1) is 11.7 Å². The molecule has 2 aromatic carbocycles. The van der Waals surface area contributed by atoms with E-state index in [2.05, 4.69) is 57.1 Å². The minimum absolute atomic E-state index is 0.0748. The van der Waals surface area contributed by atoms with Gasteiger partial charge in [0, 0.05) is 63.6 Å². The van der Waals surface area contributed by atoms with Crippen LogP contribution in [-0.2, 0) is 11.3 Å². The van der Waals surface area contributed by atoms with Crippen molar-refractivity contribution in [1.29, 1.82) is 0 Å². The van der Waals surface area contributed by atoms with E-state index in [4.69, 9.17) is 0 Å². The van der Waals surface area contributed by atoms with Crippen molar-refractivity contribution < 1.29 is 9.18 Å². The van der Waals surface area contributed by atoms with Crippen LogP contribution in [0.5, 0.6) is 0 Å². The maximum absolute atomic E-state index is 14.9. The summed E-state index contributed by atoms with van der Waals surface area (Å²) in [6, 6.07) is 12.0. The summed E-state index contributed by atoms with van der Waals surface area (Å²) < 4.78 is 14.9. The van der Waals surface area contributed by atoms with Gasteiger partial charge in [0.25, 0.3) is 0 Å². The number of hydrogen-bond acceptors (Lipinski definition) is 5. The largest absolute Gasteiger partial charge is 0.372 e. The molecule has 1 atom stereocenters. The maximum Gasteiger partial charge on any atom is 0.233 e. The average molecular weight is 464 g/mol. The fraction of sp³-hybridized carbons (Fsp3) is 0.481. The predicted molar refractivity (Wildman–Crippen MR) is 137 cm³/mol. The van der Waals surface area contributed by atoms with Gasteiger partial charge in [-0.2, -0.15) is 0 Å². The first-order chi connectivity index (χ1) is 16.6. The maximum atomic E-state index is 14.9. The minimum atomic E-state index is -0.146. The van der Waals surface area contributed by atoms with E-state index >= 15 is 0 Å². The Labute approximate surface area is 201 Å². The van der Waals surface area contributed by atoms with Crippen molar-refractivity contribution in [1.82, 2.24) is 4.90 Å². The van der Waals surface area contributed by atoms with E-state index in [1.165, 1.54) is 5.56 Å². The highest BCUT2D eigenvalue weighted by atomic mass is 19.1. The van der Waals surface area contributed by atoms with E-state index < -0.39 is 0 Å². The van der Waals surface area contributed by atoms with Crippen LogP contribution in [0.2, 0.25) is 0 Å². The molecule has 0 aromatic heterocycles. The third-order valence-corrected chi connectivity index (χ3v) is 7.38. The van der Waals surface area contributed by atoms with Gasteiger partial charge in [0.1, 0.15) is 5.82 Å². The van der Waals surface area contributed by atoms with Crippen LogP contribution in [0.15, 0.2) is 41.4 Å². The molecule has 0 radical (unpaired) electrons. The monoisotopic (exact) mass is 463 g/mol. The summed E-state index contributed by atoms with van der Waals surface area (Å²) in [5, 5.41) is 3.10. The highest BCUT2D eigenvalue weighted by Gasteiger charge is 2.33. The number of nitrogens with one attached hydrogen (secondary N) is 1. The lowest BCUT2D eigenvalue weighted by Gasteiger charge is -2.36. The number of halogens is 1. The Balaban J connectivity index is 1.22. The lowest BCUT2D eigenvalue weighted by atomic mass is 9.85. The van der Waals surface area contributed by atoms with Crippen LogP contribution in [0.4, 0.5) is 21.5 Å². The second-order valence-electron chi connectivity index (χ2n) is 9.40. The van der Waals surface area contributed by atoms with Crippen LogP contribution in [0.3, 0.4) is 0 Å². The summed E-state index contributed by atoms with van der Waals surface area (Å²) in [6.45, 7) is 10.9. The van der Waals surface area contributed by atoms with Crippen molar-refractivity contribution in [3.05, 3.63) is 53.3 Å². The number of anilines is 3. The third-order valence-electron chi connectivity index (χ3n) is 7.38. The second kappa shape index (κ2) is 9.74. The van der Waals surface area contributed by atoms with Crippen molar-refractivity contribution in [2.24, 2.45) is 10.9 Å². The highest BCUT2D eigenvalue weighted by Crippen LogP contribution is 2.32. The standard InChI is InChI=1S/C27H34FN5O/c1-3-32(4-2)20-8-10-25(23(28)17-20)33-14-12-31(13-15-33)18-19-7-9-21-24(16-19)30-27(34)22-6-5-11-29-26(21)22/h7-10,16-17,22H,3-6,11-15,18H2,1-2H3,(H,30,34). The first-order valence-electron chi connectivity index (χ1n) is 12.6. The molecule has 34 heavy (non-hydrogen) atoms. The second-order valence-corrected chi connectivity index (χ2v) is 9.40. The van der Waals surface area contributed by atoms with Gasteiger partial charge in [-0.15, -0.1) is 0 Å². The Kier molecular flexibility index (Phi) is 6.55.